The first-order valence-electron chi connectivity index (χ1n) is 12.7. The summed E-state index contributed by atoms with van der Waals surface area (Å²) in [5, 5.41) is 3.13. The van der Waals surface area contributed by atoms with Crippen molar-refractivity contribution in [3.8, 4) is 11.5 Å². The maximum atomic E-state index is 13.5. The summed E-state index contributed by atoms with van der Waals surface area (Å²) in [6.07, 6.45) is 10.2. The summed E-state index contributed by atoms with van der Waals surface area (Å²) in [7, 11) is 3.21. The van der Waals surface area contributed by atoms with Crippen LogP contribution in [0.3, 0.4) is 0 Å². The maximum absolute atomic E-state index is 13.5. The highest BCUT2D eigenvalue weighted by Gasteiger charge is 2.38. The van der Waals surface area contributed by atoms with Crippen LogP contribution in [0.5, 0.6) is 11.5 Å². The summed E-state index contributed by atoms with van der Waals surface area (Å²) in [5.41, 5.74) is 0.685. The summed E-state index contributed by atoms with van der Waals surface area (Å²) < 4.78 is 10.7. The second-order valence-corrected chi connectivity index (χ2v) is 9.78. The Labute approximate surface area is 197 Å². The molecular formula is C26H39N3O4. The van der Waals surface area contributed by atoms with Crippen molar-refractivity contribution in [3.63, 3.8) is 0 Å². The SMILES string of the molecule is COc1cc(NC(=O)C(C2CCCC2)N2CCN(C(=O)C3CCCCC3)CC2)cc(OC)c1. The fourth-order valence-corrected chi connectivity index (χ4v) is 5.88. The molecule has 1 aromatic rings. The number of benzene rings is 1. The number of ether oxygens (including phenoxy) is 2. The first-order valence-corrected chi connectivity index (χ1v) is 12.7. The monoisotopic (exact) mass is 457 g/mol. The third-order valence-electron chi connectivity index (χ3n) is 7.71. The average Bonchev–Trinajstić information content (AvgIpc) is 3.38. The van der Waals surface area contributed by atoms with Crippen LogP contribution < -0.4 is 14.8 Å². The van der Waals surface area contributed by atoms with E-state index < -0.39 is 0 Å². The first kappa shape index (κ1) is 23.9. The predicted octanol–water partition coefficient (Wildman–Crippen LogP) is 3.93. The van der Waals surface area contributed by atoms with Crippen molar-refractivity contribution in [1.29, 1.82) is 0 Å². The lowest BCUT2D eigenvalue weighted by Crippen LogP contribution is -2.57. The van der Waals surface area contributed by atoms with Crippen LogP contribution in [0.4, 0.5) is 5.69 Å². The number of carbonyl (C=O) groups excluding carboxylic acids is 2. The number of carbonyl (C=O) groups is 2. The van der Waals surface area contributed by atoms with Gasteiger partial charge in [0.2, 0.25) is 11.8 Å². The van der Waals surface area contributed by atoms with Gasteiger partial charge in [0.25, 0.3) is 0 Å². The van der Waals surface area contributed by atoms with Crippen molar-refractivity contribution < 1.29 is 19.1 Å². The van der Waals surface area contributed by atoms with E-state index >= 15 is 0 Å². The molecule has 1 heterocycles. The number of amides is 2. The molecule has 1 saturated heterocycles. The number of methoxy groups -OCH3 is 2. The molecule has 1 unspecified atom stereocenters. The van der Waals surface area contributed by atoms with Gasteiger partial charge in [0.1, 0.15) is 11.5 Å². The molecule has 0 spiro atoms. The number of anilines is 1. The molecule has 2 aliphatic carbocycles. The van der Waals surface area contributed by atoms with Crippen LogP contribution in [-0.2, 0) is 9.59 Å². The van der Waals surface area contributed by atoms with Gasteiger partial charge in [0, 0.05) is 56.0 Å². The highest BCUT2D eigenvalue weighted by molar-refractivity contribution is 5.95. The van der Waals surface area contributed by atoms with Crippen LogP contribution in [-0.4, -0.2) is 68.1 Å². The number of nitrogens with zero attached hydrogens (tertiary/aromatic N) is 2. The van der Waals surface area contributed by atoms with Crippen molar-refractivity contribution in [2.45, 2.75) is 63.8 Å². The number of hydrogen-bond acceptors (Lipinski definition) is 5. The first-order chi connectivity index (χ1) is 16.1. The Kier molecular flexibility index (Phi) is 8.12. The molecule has 2 amide bonds. The molecule has 3 fully saturated rings. The van der Waals surface area contributed by atoms with E-state index in [9.17, 15) is 9.59 Å². The van der Waals surface area contributed by atoms with E-state index in [1.807, 2.05) is 17.0 Å². The Morgan fingerprint density at radius 3 is 2.00 bits per heavy atom. The Hall–Kier alpha value is -2.28. The van der Waals surface area contributed by atoms with Gasteiger partial charge in [-0.2, -0.15) is 0 Å². The van der Waals surface area contributed by atoms with E-state index in [4.69, 9.17) is 9.47 Å². The normalized spacial score (nSPS) is 21.6. The average molecular weight is 458 g/mol. The highest BCUT2D eigenvalue weighted by atomic mass is 16.5. The van der Waals surface area contributed by atoms with Crippen LogP contribution in [0.2, 0.25) is 0 Å². The van der Waals surface area contributed by atoms with E-state index in [-0.39, 0.29) is 17.9 Å². The molecule has 7 heteroatoms. The number of rotatable bonds is 7. The molecule has 7 nitrogen and oxygen atoms in total. The summed E-state index contributed by atoms with van der Waals surface area (Å²) >= 11 is 0. The highest BCUT2D eigenvalue weighted by Crippen LogP contribution is 2.33. The van der Waals surface area contributed by atoms with Crippen molar-refractivity contribution in [2.24, 2.45) is 11.8 Å². The fourth-order valence-electron chi connectivity index (χ4n) is 5.88. The minimum atomic E-state index is -0.170. The molecule has 182 valence electrons. The van der Waals surface area contributed by atoms with Crippen molar-refractivity contribution in [2.75, 3.05) is 45.7 Å². The number of nitrogens with one attached hydrogen (secondary N) is 1. The van der Waals surface area contributed by atoms with Crippen molar-refractivity contribution in [3.05, 3.63) is 18.2 Å². The van der Waals surface area contributed by atoms with Gasteiger partial charge in [0.05, 0.1) is 20.3 Å². The topological polar surface area (TPSA) is 71.1 Å². The summed E-state index contributed by atoms with van der Waals surface area (Å²) in [6, 6.07) is 5.28. The Morgan fingerprint density at radius 2 is 1.42 bits per heavy atom. The van der Waals surface area contributed by atoms with E-state index in [0.717, 1.165) is 51.9 Å². The lowest BCUT2D eigenvalue weighted by molar-refractivity contribution is -0.139. The molecule has 3 aliphatic rings. The molecule has 0 aromatic heterocycles. The predicted molar refractivity (Wildman–Crippen MR) is 129 cm³/mol. The summed E-state index contributed by atoms with van der Waals surface area (Å²) in [4.78, 5) is 30.9. The minimum Gasteiger partial charge on any atom is -0.497 e. The van der Waals surface area contributed by atoms with Crippen LogP contribution >= 0.6 is 0 Å². The van der Waals surface area contributed by atoms with E-state index in [2.05, 4.69) is 10.2 Å². The fraction of sp³-hybridized carbons (Fsp3) is 0.692. The van der Waals surface area contributed by atoms with Gasteiger partial charge in [-0.1, -0.05) is 32.1 Å². The minimum absolute atomic E-state index is 0.0317. The quantitative estimate of drug-likeness (QED) is 0.672. The third kappa shape index (κ3) is 5.81. The molecule has 0 bridgehead atoms. The van der Waals surface area contributed by atoms with E-state index in [1.165, 1.54) is 32.1 Å². The standard InChI is InChI=1S/C26H39N3O4/c1-32-22-16-21(17-23(18-22)33-2)27-25(30)24(19-8-6-7-9-19)28-12-14-29(15-13-28)26(31)20-10-4-3-5-11-20/h16-20,24H,3-15H2,1-2H3,(H,27,30). The molecule has 0 radical (unpaired) electrons. The van der Waals surface area contributed by atoms with Gasteiger partial charge in [-0.15, -0.1) is 0 Å². The van der Waals surface area contributed by atoms with E-state index in [1.54, 1.807) is 20.3 Å². The van der Waals surface area contributed by atoms with Crippen molar-refractivity contribution in [1.82, 2.24) is 9.80 Å². The third-order valence-corrected chi connectivity index (χ3v) is 7.71. The zero-order valence-electron chi connectivity index (χ0n) is 20.2. The molecule has 1 aliphatic heterocycles. The van der Waals surface area contributed by atoms with Crippen LogP contribution in [0.15, 0.2) is 18.2 Å². The van der Waals surface area contributed by atoms with Crippen LogP contribution in [0.1, 0.15) is 57.8 Å². The van der Waals surface area contributed by atoms with Gasteiger partial charge in [0.15, 0.2) is 0 Å². The van der Waals surface area contributed by atoms with Gasteiger partial charge < -0.3 is 19.7 Å². The molecule has 1 aromatic carbocycles. The largest absolute Gasteiger partial charge is 0.497 e. The van der Waals surface area contributed by atoms with Crippen LogP contribution in [0, 0.1) is 11.8 Å². The summed E-state index contributed by atoms with van der Waals surface area (Å²) in [5.74, 6) is 2.23. The Balaban J connectivity index is 1.42. The van der Waals surface area contributed by atoms with Gasteiger partial charge in [-0.25, -0.2) is 0 Å². The molecule has 2 saturated carbocycles. The van der Waals surface area contributed by atoms with Gasteiger partial charge in [-0.3, -0.25) is 14.5 Å². The number of hydrogen-bond donors (Lipinski definition) is 1. The molecule has 1 atom stereocenters. The lowest BCUT2D eigenvalue weighted by atomic mass is 9.88. The van der Waals surface area contributed by atoms with Crippen LogP contribution in [0.25, 0.3) is 0 Å². The maximum Gasteiger partial charge on any atom is 0.242 e. The second-order valence-electron chi connectivity index (χ2n) is 9.78. The molecule has 4 rings (SSSR count). The van der Waals surface area contributed by atoms with Gasteiger partial charge in [-0.05, 0) is 31.6 Å². The Bertz CT molecular complexity index is 788. The van der Waals surface area contributed by atoms with Crippen molar-refractivity contribution >= 4 is 17.5 Å². The Morgan fingerprint density at radius 1 is 0.848 bits per heavy atom. The van der Waals surface area contributed by atoms with E-state index in [0.29, 0.717) is 29.0 Å². The molecule has 33 heavy (non-hydrogen) atoms. The lowest BCUT2D eigenvalue weighted by Gasteiger charge is -2.41. The summed E-state index contributed by atoms with van der Waals surface area (Å²) in [6.45, 7) is 2.96. The van der Waals surface area contributed by atoms with Gasteiger partial charge >= 0.3 is 0 Å². The molecule has 1 N–H and O–H groups in total. The smallest absolute Gasteiger partial charge is 0.242 e. The zero-order chi connectivity index (χ0) is 23.2. The molecular weight excluding hydrogens is 418 g/mol. The number of piperazine rings is 1. The zero-order valence-corrected chi connectivity index (χ0v) is 20.2. The second kappa shape index (κ2) is 11.2.